The number of ether oxygens (including phenoxy) is 1. The molecule has 25 heavy (non-hydrogen) atoms. The molecule has 7 nitrogen and oxygen atoms in total. The van der Waals surface area contributed by atoms with Gasteiger partial charge < -0.3 is 15.0 Å². The van der Waals surface area contributed by atoms with E-state index >= 15 is 0 Å². The largest absolute Gasteiger partial charge is 0.492 e. The van der Waals surface area contributed by atoms with Crippen LogP contribution in [0.3, 0.4) is 0 Å². The van der Waals surface area contributed by atoms with Crippen LogP contribution in [-0.4, -0.2) is 36.1 Å². The molecule has 9 heteroatoms. The van der Waals surface area contributed by atoms with Crippen LogP contribution in [0.15, 0.2) is 42.5 Å². The van der Waals surface area contributed by atoms with Crippen molar-refractivity contribution >= 4 is 40.6 Å². The summed E-state index contributed by atoms with van der Waals surface area (Å²) in [5.74, 6) is 0.645. The molecule has 0 aliphatic carbocycles. The maximum Gasteiger partial charge on any atom is 0.321 e. The molecule has 2 rings (SSSR count). The molecule has 2 amide bonds. The highest BCUT2D eigenvalue weighted by Crippen LogP contribution is 2.27. The second kappa shape index (κ2) is 8.55. The van der Waals surface area contributed by atoms with Gasteiger partial charge in [-0.15, -0.1) is 0 Å². The van der Waals surface area contributed by atoms with Crippen LogP contribution in [0.2, 0.25) is 10.0 Å². The first-order valence-corrected chi connectivity index (χ1v) is 7.97. The van der Waals surface area contributed by atoms with E-state index in [4.69, 9.17) is 27.9 Å². The molecular weight excluding hydrogens is 369 g/mol. The third kappa shape index (κ3) is 5.51. The molecule has 0 spiro atoms. The summed E-state index contributed by atoms with van der Waals surface area (Å²) in [4.78, 5) is 23.8. The van der Waals surface area contributed by atoms with Crippen molar-refractivity contribution < 1.29 is 14.5 Å². The number of hydrogen-bond acceptors (Lipinski definition) is 4. The van der Waals surface area contributed by atoms with Gasteiger partial charge in [-0.25, -0.2) is 4.79 Å². The molecule has 0 aliphatic rings. The number of nitrogens with zero attached hydrogens (tertiary/aromatic N) is 2. The van der Waals surface area contributed by atoms with Crippen molar-refractivity contribution in [1.82, 2.24) is 4.90 Å². The van der Waals surface area contributed by atoms with Crippen LogP contribution in [-0.2, 0) is 0 Å². The number of likely N-dealkylation sites (N-methyl/N-ethyl adjacent to an activating group) is 1. The standard InChI is InChI=1S/C16H15Cl2N3O4/c1-20(8-9-25-13-5-2-11(17)3-6-13)16(22)19-12-4-7-14(18)15(10-12)21(23)24/h2-7,10H,8-9H2,1H3,(H,19,22). The highest BCUT2D eigenvalue weighted by molar-refractivity contribution is 6.32. The van der Waals surface area contributed by atoms with E-state index in [9.17, 15) is 14.9 Å². The zero-order valence-electron chi connectivity index (χ0n) is 13.2. The van der Waals surface area contributed by atoms with Gasteiger partial charge in [0.2, 0.25) is 0 Å². The van der Waals surface area contributed by atoms with Crippen molar-refractivity contribution in [2.75, 3.05) is 25.5 Å². The van der Waals surface area contributed by atoms with Gasteiger partial charge in [-0.3, -0.25) is 10.1 Å². The minimum absolute atomic E-state index is 0.00715. The van der Waals surface area contributed by atoms with Gasteiger partial charge in [0.1, 0.15) is 17.4 Å². The molecule has 2 aromatic rings. The Labute approximate surface area is 154 Å². The maximum atomic E-state index is 12.1. The maximum absolute atomic E-state index is 12.1. The van der Waals surface area contributed by atoms with E-state index in [1.807, 2.05) is 0 Å². The van der Waals surface area contributed by atoms with Crippen molar-refractivity contribution in [3.63, 3.8) is 0 Å². The number of anilines is 1. The summed E-state index contributed by atoms with van der Waals surface area (Å²) in [5, 5.41) is 14.1. The third-order valence-electron chi connectivity index (χ3n) is 3.25. The zero-order valence-corrected chi connectivity index (χ0v) is 14.8. The summed E-state index contributed by atoms with van der Waals surface area (Å²) in [6.45, 7) is 0.608. The van der Waals surface area contributed by atoms with Gasteiger partial charge in [0.15, 0.2) is 0 Å². The normalized spacial score (nSPS) is 10.2. The number of hydrogen-bond donors (Lipinski definition) is 1. The number of nitro groups is 1. The van der Waals surface area contributed by atoms with Gasteiger partial charge in [-0.2, -0.15) is 0 Å². The van der Waals surface area contributed by atoms with Crippen molar-refractivity contribution in [2.45, 2.75) is 0 Å². The van der Waals surface area contributed by atoms with Gasteiger partial charge in [0.25, 0.3) is 5.69 Å². The molecule has 0 radical (unpaired) electrons. The third-order valence-corrected chi connectivity index (χ3v) is 3.82. The van der Waals surface area contributed by atoms with Crippen LogP contribution in [0.5, 0.6) is 5.75 Å². The number of nitro benzene ring substituents is 1. The number of rotatable bonds is 6. The predicted molar refractivity (Wildman–Crippen MR) is 96.7 cm³/mol. The van der Waals surface area contributed by atoms with Gasteiger partial charge in [0.05, 0.1) is 11.5 Å². The Morgan fingerprint density at radius 1 is 1.24 bits per heavy atom. The Morgan fingerprint density at radius 3 is 2.56 bits per heavy atom. The fourth-order valence-corrected chi connectivity index (χ4v) is 2.19. The van der Waals surface area contributed by atoms with Crippen LogP contribution in [0.25, 0.3) is 0 Å². The average Bonchev–Trinajstić information content (AvgIpc) is 2.58. The van der Waals surface area contributed by atoms with Crippen LogP contribution in [0.1, 0.15) is 0 Å². The fraction of sp³-hybridized carbons (Fsp3) is 0.188. The molecule has 0 unspecified atom stereocenters. The monoisotopic (exact) mass is 383 g/mol. The van der Waals surface area contributed by atoms with E-state index in [1.54, 1.807) is 31.3 Å². The lowest BCUT2D eigenvalue weighted by Gasteiger charge is -2.18. The Kier molecular flexibility index (Phi) is 6.44. The van der Waals surface area contributed by atoms with E-state index in [2.05, 4.69) is 5.32 Å². The van der Waals surface area contributed by atoms with E-state index in [1.165, 1.54) is 23.1 Å². The molecule has 0 aliphatic heterocycles. The zero-order chi connectivity index (χ0) is 18.4. The number of halogens is 2. The van der Waals surface area contributed by atoms with Gasteiger partial charge in [-0.1, -0.05) is 23.2 Å². The topological polar surface area (TPSA) is 84.7 Å². The molecule has 0 atom stereocenters. The molecule has 0 fully saturated rings. The number of amides is 2. The second-order valence-corrected chi connectivity index (χ2v) is 5.92. The summed E-state index contributed by atoms with van der Waals surface area (Å²) >= 11 is 11.5. The first-order valence-electron chi connectivity index (χ1n) is 7.21. The van der Waals surface area contributed by atoms with Crippen LogP contribution in [0.4, 0.5) is 16.2 Å². The van der Waals surface area contributed by atoms with Gasteiger partial charge in [-0.05, 0) is 36.4 Å². The summed E-state index contributed by atoms with van der Waals surface area (Å²) in [5.41, 5.74) is 0.0137. The molecular formula is C16H15Cl2N3O4. The SMILES string of the molecule is CN(CCOc1ccc(Cl)cc1)C(=O)Nc1ccc(Cl)c([N+](=O)[O-])c1. The molecule has 2 aromatic carbocycles. The number of nitrogens with one attached hydrogen (secondary N) is 1. The molecule has 1 N–H and O–H groups in total. The summed E-state index contributed by atoms with van der Waals surface area (Å²) < 4.78 is 5.51. The first kappa shape index (κ1) is 18.8. The Morgan fingerprint density at radius 2 is 1.92 bits per heavy atom. The lowest BCUT2D eigenvalue weighted by atomic mass is 10.3. The molecule has 132 valence electrons. The Balaban J connectivity index is 1.86. The summed E-state index contributed by atoms with van der Waals surface area (Å²) in [7, 11) is 1.59. The van der Waals surface area contributed by atoms with Crippen molar-refractivity contribution in [2.24, 2.45) is 0 Å². The van der Waals surface area contributed by atoms with Crippen molar-refractivity contribution in [3.05, 3.63) is 62.6 Å². The van der Waals surface area contributed by atoms with E-state index in [0.717, 1.165) is 0 Å². The smallest absolute Gasteiger partial charge is 0.321 e. The Bertz CT molecular complexity index is 768. The number of carbonyl (C=O) groups excluding carboxylic acids is 1. The van der Waals surface area contributed by atoms with Crippen molar-refractivity contribution in [3.8, 4) is 5.75 Å². The molecule has 0 aromatic heterocycles. The molecule has 0 saturated carbocycles. The minimum atomic E-state index is -0.609. The van der Waals surface area contributed by atoms with Crippen LogP contribution < -0.4 is 10.1 Å². The molecule has 0 heterocycles. The van der Waals surface area contributed by atoms with Gasteiger partial charge >= 0.3 is 6.03 Å². The summed E-state index contributed by atoms with van der Waals surface area (Å²) in [6, 6.07) is 10.5. The van der Waals surface area contributed by atoms with Crippen molar-refractivity contribution in [1.29, 1.82) is 0 Å². The number of urea groups is 1. The van der Waals surface area contributed by atoms with E-state index < -0.39 is 11.0 Å². The predicted octanol–water partition coefficient (Wildman–Crippen LogP) is 4.44. The Hall–Kier alpha value is -2.51. The second-order valence-electron chi connectivity index (χ2n) is 5.08. The fourth-order valence-electron chi connectivity index (χ4n) is 1.88. The lowest BCUT2D eigenvalue weighted by molar-refractivity contribution is -0.384. The van der Waals surface area contributed by atoms with Gasteiger partial charge in [0, 0.05) is 23.8 Å². The first-order chi connectivity index (χ1) is 11.9. The highest BCUT2D eigenvalue weighted by atomic mass is 35.5. The average molecular weight is 384 g/mol. The molecule has 0 bridgehead atoms. The van der Waals surface area contributed by atoms with Crippen LogP contribution >= 0.6 is 23.2 Å². The lowest BCUT2D eigenvalue weighted by Crippen LogP contribution is -2.34. The summed E-state index contributed by atoms with van der Waals surface area (Å²) in [6.07, 6.45) is 0. The quantitative estimate of drug-likeness (QED) is 0.589. The number of benzene rings is 2. The van der Waals surface area contributed by atoms with E-state index in [0.29, 0.717) is 17.3 Å². The minimum Gasteiger partial charge on any atom is -0.492 e. The molecule has 0 saturated heterocycles. The van der Waals surface area contributed by atoms with Crippen LogP contribution in [0, 0.1) is 10.1 Å². The van der Waals surface area contributed by atoms with E-state index in [-0.39, 0.29) is 23.0 Å². The highest BCUT2D eigenvalue weighted by Gasteiger charge is 2.15. The number of carbonyl (C=O) groups is 1.